The van der Waals surface area contributed by atoms with Crippen LogP contribution in [0.25, 0.3) is 10.8 Å². The maximum absolute atomic E-state index is 12.5. The van der Waals surface area contributed by atoms with Crippen LogP contribution in [-0.4, -0.2) is 23.3 Å². The zero-order valence-corrected chi connectivity index (χ0v) is 14.6. The molecular formula is C22H22N2O2. The maximum Gasteiger partial charge on any atom is 0.224 e. The summed E-state index contributed by atoms with van der Waals surface area (Å²) in [6, 6.07) is 20.4. The van der Waals surface area contributed by atoms with E-state index < -0.39 is 12.1 Å². The van der Waals surface area contributed by atoms with Gasteiger partial charge in [0.25, 0.3) is 0 Å². The second kappa shape index (κ2) is 7.93. The number of aliphatic hydroxyl groups is 1. The first-order valence-corrected chi connectivity index (χ1v) is 8.63. The molecule has 0 aliphatic rings. The van der Waals surface area contributed by atoms with Gasteiger partial charge in [0.1, 0.15) is 0 Å². The predicted octanol–water partition coefficient (Wildman–Crippen LogP) is 3.62. The van der Waals surface area contributed by atoms with Crippen LogP contribution in [0.3, 0.4) is 0 Å². The van der Waals surface area contributed by atoms with Crippen molar-refractivity contribution in [2.75, 3.05) is 0 Å². The molecule has 0 aromatic heterocycles. The van der Waals surface area contributed by atoms with Gasteiger partial charge in [-0.05, 0) is 34.4 Å². The van der Waals surface area contributed by atoms with Gasteiger partial charge in [0.2, 0.25) is 5.91 Å². The Bertz CT molecular complexity index is 922. The quantitative estimate of drug-likeness (QED) is 0.597. The van der Waals surface area contributed by atoms with E-state index in [1.165, 1.54) is 6.21 Å². The molecule has 0 saturated heterocycles. The molecule has 0 aliphatic heterocycles. The highest BCUT2D eigenvalue weighted by Gasteiger charge is 2.18. The summed E-state index contributed by atoms with van der Waals surface area (Å²) >= 11 is 0. The van der Waals surface area contributed by atoms with E-state index in [1.807, 2.05) is 66.7 Å². The number of hydrogen-bond acceptors (Lipinski definition) is 3. The first-order chi connectivity index (χ1) is 12.6. The number of carbonyl (C=O) groups excluding carboxylic acids is 1. The summed E-state index contributed by atoms with van der Waals surface area (Å²) in [4.78, 5) is 12.5. The second-order valence-corrected chi connectivity index (χ2v) is 6.39. The van der Waals surface area contributed by atoms with Gasteiger partial charge >= 0.3 is 0 Å². The van der Waals surface area contributed by atoms with Crippen molar-refractivity contribution in [3.63, 3.8) is 0 Å². The summed E-state index contributed by atoms with van der Waals surface area (Å²) in [5.41, 5.74) is 2.52. The average molecular weight is 346 g/mol. The Balaban J connectivity index is 1.74. The highest BCUT2D eigenvalue weighted by atomic mass is 16.3. The molecule has 0 radical (unpaired) electrons. The van der Waals surface area contributed by atoms with Gasteiger partial charge in [0.05, 0.1) is 18.6 Å². The van der Waals surface area contributed by atoms with Crippen LogP contribution in [0.15, 0.2) is 66.7 Å². The summed E-state index contributed by atoms with van der Waals surface area (Å²) in [5.74, 6) is -0.139. The molecule has 4 heteroatoms. The number of aliphatic hydroxyl groups excluding tert-OH is 1. The van der Waals surface area contributed by atoms with Crippen molar-refractivity contribution in [1.82, 2.24) is 5.32 Å². The summed E-state index contributed by atoms with van der Waals surface area (Å²) in [6.45, 7) is 1.80. The van der Waals surface area contributed by atoms with E-state index in [9.17, 15) is 9.90 Å². The topological polar surface area (TPSA) is 73.2 Å². The van der Waals surface area contributed by atoms with Gasteiger partial charge in [0, 0.05) is 6.21 Å². The van der Waals surface area contributed by atoms with E-state index in [0.717, 1.165) is 27.5 Å². The molecule has 1 amide bonds. The number of amides is 1. The van der Waals surface area contributed by atoms with Crippen LogP contribution in [0, 0.1) is 5.41 Å². The third kappa shape index (κ3) is 3.81. The fourth-order valence-electron chi connectivity index (χ4n) is 3.16. The Morgan fingerprint density at radius 3 is 2.38 bits per heavy atom. The molecule has 26 heavy (non-hydrogen) atoms. The Morgan fingerprint density at radius 1 is 1.04 bits per heavy atom. The van der Waals surface area contributed by atoms with Crippen molar-refractivity contribution < 1.29 is 9.90 Å². The summed E-state index contributed by atoms with van der Waals surface area (Å²) in [5, 5.41) is 22.8. The van der Waals surface area contributed by atoms with Gasteiger partial charge in [-0.15, -0.1) is 0 Å². The maximum atomic E-state index is 12.5. The van der Waals surface area contributed by atoms with Crippen molar-refractivity contribution in [2.45, 2.75) is 25.5 Å². The molecule has 3 aromatic rings. The van der Waals surface area contributed by atoms with Gasteiger partial charge in [-0.3, -0.25) is 4.79 Å². The van der Waals surface area contributed by atoms with E-state index in [4.69, 9.17) is 5.41 Å². The second-order valence-electron chi connectivity index (χ2n) is 6.39. The minimum absolute atomic E-state index is 0.139. The fourth-order valence-corrected chi connectivity index (χ4v) is 3.16. The molecule has 2 unspecified atom stereocenters. The Morgan fingerprint density at radius 2 is 1.69 bits per heavy atom. The SMILES string of the molecule is CC(NC(=O)Cc1ccc(C=N)c2ccccc12)C(O)c1ccccc1. The van der Waals surface area contributed by atoms with Crippen molar-refractivity contribution in [3.8, 4) is 0 Å². The normalized spacial score (nSPS) is 13.2. The van der Waals surface area contributed by atoms with E-state index in [1.54, 1.807) is 6.92 Å². The molecule has 0 saturated carbocycles. The molecule has 2 atom stereocenters. The minimum atomic E-state index is -0.753. The smallest absolute Gasteiger partial charge is 0.224 e. The number of hydrogen-bond donors (Lipinski definition) is 3. The van der Waals surface area contributed by atoms with Crippen LogP contribution < -0.4 is 5.32 Å². The van der Waals surface area contributed by atoms with Crippen LogP contribution in [0.5, 0.6) is 0 Å². The van der Waals surface area contributed by atoms with Crippen molar-refractivity contribution >= 4 is 22.9 Å². The van der Waals surface area contributed by atoms with Gasteiger partial charge in [-0.1, -0.05) is 66.7 Å². The molecule has 0 bridgehead atoms. The van der Waals surface area contributed by atoms with E-state index in [-0.39, 0.29) is 12.3 Å². The predicted molar refractivity (Wildman–Crippen MR) is 105 cm³/mol. The largest absolute Gasteiger partial charge is 0.386 e. The van der Waals surface area contributed by atoms with E-state index in [0.29, 0.717) is 0 Å². The monoisotopic (exact) mass is 346 g/mol. The van der Waals surface area contributed by atoms with Crippen LogP contribution in [0.2, 0.25) is 0 Å². The third-order valence-corrected chi connectivity index (χ3v) is 4.56. The number of rotatable bonds is 6. The van der Waals surface area contributed by atoms with Gasteiger partial charge in [-0.2, -0.15) is 0 Å². The van der Waals surface area contributed by atoms with Crippen LogP contribution >= 0.6 is 0 Å². The molecule has 3 rings (SSSR count). The van der Waals surface area contributed by atoms with Crippen molar-refractivity contribution in [1.29, 1.82) is 5.41 Å². The standard InChI is InChI=1S/C22H22N2O2/c1-15(22(26)16-7-3-2-4-8-16)24-21(25)13-17-11-12-18(14-23)20-10-6-5-9-19(17)20/h2-12,14-15,22-23,26H,13H2,1H3,(H,24,25). The Hall–Kier alpha value is -2.98. The third-order valence-electron chi connectivity index (χ3n) is 4.56. The fraction of sp³-hybridized carbons (Fsp3) is 0.182. The first-order valence-electron chi connectivity index (χ1n) is 8.63. The van der Waals surface area contributed by atoms with E-state index >= 15 is 0 Å². The molecule has 0 aliphatic carbocycles. The Kier molecular flexibility index (Phi) is 5.44. The summed E-state index contributed by atoms with van der Waals surface area (Å²) in [6.07, 6.45) is 0.798. The molecule has 3 N–H and O–H groups in total. The van der Waals surface area contributed by atoms with Crippen LogP contribution in [0.4, 0.5) is 0 Å². The van der Waals surface area contributed by atoms with Gasteiger partial charge in [-0.25, -0.2) is 0 Å². The van der Waals surface area contributed by atoms with Crippen molar-refractivity contribution in [3.05, 3.63) is 83.4 Å². The van der Waals surface area contributed by atoms with Crippen molar-refractivity contribution in [2.24, 2.45) is 0 Å². The van der Waals surface area contributed by atoms with Crippen LogP contribution in [-0.2, 0) is 11.2 Å². The molecule has 3 aromatic carbocycles. The molecule has 0 heterocycles. The molecule has 132 valence electrons. The average Bonchev–Trinajstić information content (AvgIpc) is 2.68. The zero-order valence-electron chi connectivity index (χ0n) is 14.6. The lowest BCUT2D eigenvalue weighted by Gasteiger charge is -2.21. The summed E-state index contributed by atoms with van der Waals surface area (Å²) in [7, 11) is 0. The Labute approximate surface area is 153 Å². The lowest BCUT2D eigenvalue weighted by molar-refractivity contribution is -0.121. The number of nitrogens with one attached hydrogen (secondary N) is 2. The molecule has 0 fully saturated rings. The van der Waals surface area contributed by atoms with Gasteiger partial charge < -0.3 is 15.8 Å². The molecular weight excluding hydrogens is 324 g/mol. The molecule has 0 spiro atoms. The summed E-state index contributed by atoms with van der Waals surface area (Å²) < 4.78 is 0. The lowest BCUT2D eigenvalue weighted by Crippen LogP contribution is -2.38. The number of carbonyl (C=O) groups is 1. The first kappa shape index (κ1) is 17.8. The van der Waals surface area contributed by atoms with Gasteiger partial charge in [0.15, 0.2) is 0 Å². The lowest BCUT2D eigenvalue weighted by atomic mass is 9.97. The number of fused-ring (bicyclic) bond motifs is 1. The highest BCUT2D eigenvalue weighted by molar-refractivity contribution is 6.01. The van der Waals surface area contributed by atoms with Crippen LogP contribution in [0.1, 0.15) is 29.7 Å². The highest BCUT2D eigenvalue weighted by Crippen LogP contribution is 2.23. The zero-order chi connectivity index (χ0) is 18.5. The molecule has 4 nitrogen and oxygen atoms in total. The van der Waals surface area contributed by atoms with E-state index in [2.05, 4.69) is 5.32 Å². The minimum Gasteiger partial charge on any atom is -0.386 e. The number of benzene rings is 3.